The summed E-state index contributed by atoms with van der Waals surface area (Å²) in [5.41, 5.74) is 0. The van der Waals surface area contributed by atoms with E-state index < -0.39 is 14.6 Å². The third-order valence-electron chi connectivity index (χ3n) is 1.64. The van der Waals surface area contributed by atoms with E-state index in [1.165, 1.54) is 0 Å². The fourth-order valence-electron chi connectivity index (χ4n) is 0.707. The fourth-order valence-corrected chi connectivity index (χ4v) is 5.20. The molecule has 0 radical (unpaired) electrons. The smallest absolute Gasteiger partial charge is 0.159 e. The van der Waals surface area contributed by atoms with Gasteiger partial charge in [0.05, 0.1) is 10.00 Å². The molecule has 0 aliphatic rings. The van der Waals surface area contributed by atoms with Crippen LogP contribution in [0.25, 0.3) is 0 Å². The molecule has 0 bridgehead atoms. The third-order valence-corrected chi connectivity index (χ3v) is 6.98. The molecule has 0 heterocycles. The van der Waals surface area contributed by atoms with Crippen molar-refractivity contribution in [3.05, 3.63) is 0 Å². The lowest BCUT2D eigenvalue weighted by atomic mass is 10.3. The van der Waals surface area contributed by atoms with Crippen LogP contribution in [0.3, 0.4) is 0 Å². The SMILES string of the molecule is CC(C)(C)S(=O)(=O)C(CBr)CBr. The van der Waals surface area contributed by atoms with Gasteiger partial charge in [0.25, 0.3) is 0 Å². The highest BCUT2D eigenvalue weighted by Gasteiger charge is 2.35. The summed E-state index contributed by atoms with van der Waals surface area (Å²) in [6, 6.07) is 0. The van der Waals surface area contributed by atoms with Gasteiger partial charge in [-0.15, -0.1) is 0 Å². The number of hydrogen-bond acceptors (Lipinski definition) is 2. The van der Waals surface area contributed by atoms with Crippen molar-refractivity contribution in [2.24, 2.45) is 0 Å². The molecule has 0 saturated carbocycles. The zero-order valence-corrected chi connectivity index (χ0v) is 11.5. The van der Waals surface area contributed by atoms with Crippen LogP contribution in [0.1, 0.15) is 20.8 Å². The summed E-state index contributed by atoms with van der Waals surface area (Å²) in [7, 11) is -3.03. The predicted octanol–water partition coefficient (Wildman–Crippen LogP) is 2.36. The van der Waals surface area contributed by atoms with Crippen LogP contribution in [0.5, 0.6) is 0 Å². The maximum absolute atomic E-state index is 11.8. The first-order valence-corrected chi connectivity index (χ1v) is 7.41. The van der Waals surface area contributed by atoms with Gasteiger partial charge in [-0.05, 0) is 20.8 Å². The summed E-state index contributed by atoms with van der Waals surface area (Å²) >= 11 is 6.39. The van der Waals surface area contributed by atoms with Crippen LogP contribution >= 0.6 is 31.9 Å². The Kier molecular flexibility index (Phi) is 4.75. The normalized spacial score (nSPS) is 13.8. The Balaban J connectivity index is 4.85. The monoisotopic (exact) mass is 320 g/mol. The summed E-state index contributed by atoms with van der Waals surface area (Å²) in [6.07, 6.45) is 0. The summed E-state index contributed by atoms with van der Waals surface area (Å²) in [5.74, 6) is 0. The van der Waals surface area contributed by atoms with Crippen LogP contribution in [-0.4, -0.2) is 29.1 Å². The first-order valence-electron chi connectivity index (χ1n) is 3.62. The summed E-state index contributed by atoms with van der Waals surface area (Å²) in [6.45, 7) is 5.17. The quantitative estimate of drug-likeness (QED) is 0.748. The maximum atomic E-state index is 11.8. The molecule has 0 aliphatic heterocycles. The standard InChI is InChI=1S/C7H14Br2O2S/c1-7(2,3)12(10,11)6(4-8)5-9/h6H,4-5H2,1-3H3. The van der Waals surface area contributed by atoms with Crippen molar-refractivity contribution >= 4 is 41.7 Å². The molecule has 74 valence electrons. The number of sulfone groups is 1. The van der Waals surface area contributed by atoms with E-state index in [1.807, 2.05) is 0 Å². The predicted molar refractivity (Wildman–Crippen MR) is 60.0 cm³/mol. The Labute approximate surface area is 91.3 Å². The van der Waals surface area contributed by atoms with Crippen molar-refractivity contribution in [2.75, 3.05) is 10.7 Å². The fraction of sp³-hybridized carbons (Fsp3) is 1.00. The number of hydrogen-bond donors (Lipinski definition) is 0. The molecule has 5 heteroatoms. The highest BCUT2D eigenvalue weighted by molar-refractivity contribution is 9.10. The van der Waals surface area contributed by atoms with E-state index in [2.05, 4.69) is 31.9 Å². The molecule has 0 spiro atoms. The van der Waals surface area contributed by atoms with Gasteiger partial charge in [-0.1, -0.05) is 31.9 Å². The summed E-state index contributed by atoms with van der Waals surface area (Å²) < 4.78 is 22.8. The van der Waals surface area contributed by atoms with E-state index in [4.69, 9.17) is 0 Å². The van der Waals surface area contributed by atoms with Gasteiger partial charge < -0.3 is 0 Å². The van der Waals surface area contributed by atoms with Gasteiger partial charge in [-0.3, -0.25) is 0 Å². The second kappa shape index (κ2) is 4.42. The van der Waals surface area contributed by atoms with Gasteiger partial charge in [0, 0.05) is 10.7 Å². The van der Waals surface area contributed by atoms with Crippen molar-refractivity contribution in [2.45, 2.75) is 30.8 Å². The molecular weight excluding hydrogens is 308 g/mol. The molecule has 0 amide bonds. The zero-order chi connectivity index (χ0) is 9.99. The molecule has 0 aromatic rings. The molecule has 2 nitrogen and oxygen atoms in total. The number of alkyl halides is 2. The molecule has 0 aliphatic carbocycles. The highest BCUT2D eigenvalue weighted by atomic mass is 79.9. The van der Waals surface area contributed by atoms with Crippen LogP contribution in [0, 0.1) is 0 Å². The Morgan fingerprint density at radius 1 is 1.17 bits per heavy atom. The van der Waals surface area contributed by atoms with E-state index in [-0.39, 0.29) is 5.25 Å². The highest BCUT2D eigenvalue weighted by Crippen LogP contribution is 2.22. The molecule has 0 fully saturated rings. The number of halogens is 2. The molecule has 0 saturated heterocycles. The average molecular weight is 322 g/mol. The molecule has 0 unspecified atom stereocenters. The summed E-state index contributed by atoms with van der Waals surface area (Å²) in [5, 5.41) is 0.632. The van der Waals surface area contributed by atoms with Gasteiger partial charge in [-0.2, -0.15) is 0 Å². The molecule has 0 aromatic heterocycles. The zero-order valence-electron chi connectivity index (χ0n) is 7.47. The van der Waals surface area contributed by atoms with E-state index in [0.717, 1.165) is 0 Å². The van der Waals surface area contributed by atoms with Gasteiger partial charge in [0.1, 0.15) is 0 Å². The second-order valence-electron chi connectivity index (χ2n) is 3.59. The third kappa shape index (κ3) is 2.70. The Bertz CT molecular complexity index is 224. The minimum Gasteiger partial charge on any atom is -0.228 e. The first kappa shape index (κ1) is 12.9. The lowest BCUT2D eigenvalue weighted by Gasteiger charge is -2.24. The second-order valence-corrected chi connectivity index (χ2v) is 7.86. The van der Waals surface area contributed by atoms with Crippen molar-refractivity contribution < 1.29 is 8.42 Å². The number of rotatable bonds is 3. The summed E-state index contributed by atoms with van der Waals surface area (Å²) in [4.78, 5) is 0. The molecule has 0 aromatic carbocycles. The van der Waals surface area contributed by atoms with E-state index in [1.54, 1.807) is 20.8 Å². The minimum absolute atomic E-state index is 0.336. The average Bonchev–Trinajstić information content (AvgIpc) is 1.87. The Morgan fingerprint density at radius 2 is 1.50 bits per heavy atom. The van der Waals surface area contributed by atoms with Crippen LogP contribution in [0.15, 0.2) is 0 Å². The molecule has 12 heavy (non-hydrogen) atoms. The Hall–Kier alpha value is 0.910. The van der Waals surface area contributed by atoms with Crippen LogP contribution in [0.2, 0.25) is 0 Å². The van der Waals surface area contributed by atoms with Crippen molar-refractivity contribution in [3.63, 3.8) is 0 Å². The maximum Gasteiger partial charge on any atom is 0.159 e. The minimum atomic E-state index is -3.03. The van der Waals surface area contributed by atoms with E-state index >= 15 is 0 Å². The van der Waals surface area contributed by atoms with Crippen molar-refractivity contribution in [3.8, 4) is 0 Å². The van der Waals surface area contributed by atoms with Crippen LogP contribution < -0.4 is 0 Å². The largest absolute Gasteiger partial charge is 0.228 e. The van der Waals surface area contributed by atoms with E-state index in [9.17, 15) is 8.42 Å². The molecule has 0 N–H and O–H groups in total. The topological polar surface area (TPSA) is 34.1 Å². The lowest BCUT2D eigenvalue weighted by molar-refractivity contribution is 0.553. The van der Waals surface area contributed by atoms with Gasteiger partial charge >= 0.3 is 0 Å². The van der Waals surface area contributed by atoms with Gasteiger partial charge in [0.15, 0.2) is 9.84 Å². The molecule has 0 rings (SSSR count). The Morgan fingerprint density at radius 3 is 1.58 bits per heavy atom. The van der Waals surface area contributed by atoms with Crippen LogP contribution in [-0.2, 0) is 9.84 Å². The molecule has 0 atom stereocenters. The van der Waals surface area contributed by atoms with E-state index in [0.29, 0.717) is 10.7 Å². The van der Waals surface area contributed by atoms with Gasteiger partial charge in [-0.25, -0.2) is 8.42 Å². The first-order chi connectivity index (χ1) is 5.27. The lowest BCUT2D eigenvalue weighted by Crippen LogP contribution is -2.39. The van der Waals surface area contributed by atoms with Crippen molar-refractivity contribution in [1.29, 1.82) is 0 Å². The molecular formula is C7H14Br2O2S. The van der Waals surface area contributed by atoms with Gasteiger partial charge in [0.2, 0.25) is 0 Å². The van der Waals surface area contributed by atoms with Crippen molar-refractivity contribution in [1.82, 2.24) is 0 Å². The van der Waals surface area contributed by atoms with Crippen LogP contribution in [0.4, 0.5) is 0 Å².